The number of Topliss-reactive ketones (excluding diaryl/α,β-unsaturated/α-hetero) is 1. The van der Waals surface area contributed by atoms with Crippen molar-refractivity contribution in [1.29, 1.82) is 0 Å². The lowest BCUT2D eigenvalue weighted by Crippen LogP contribution is -2.19. The molecule has 0 spiro atoms. The number of aromatic nitrogens is 3. The van der Waals surface area contributed by atoms with Gasteiger partial charge in [-0.25, -0.2) is 9.55 Å². The maximum atomic E-state index is 12.0. The topological polar surface area (TPSA) is 76.3 Å². The SMILES string of the molecule is O=C(Cl)C(=O)c1c(O)[n+]2ccccc2n1Cc1cnc(Cl)s1. The molecule has 112 valence electrons. The maximum absolute atomic E-state index is 12.0. The van der Waals surface area contributed by atoms with Crippen molar-refractivity contribution in [3.05, 3.63) is 45.6 Å². The van der Waals surface area contributed by atoms with Crippen molar-refractivity contribution >= 4 is 51.2 Å². The fourth-order valence-corrected chi connectivity index (χ4v) is 3.23. The van der Waals surface area contributed by atoms with E-state index in [4.69, 9.17) is 23.2 Å². The first-order valence-electron chi connectivity index (χ1n) is 6.05. The molecule has 0 bridgehead atoms. The highest BCUT2D eigenvalue weighted by Crippen LogP contribution is 2.24. The zero-order valence-corrected chi connectivity index (χ0v) is 13.2. The van der Waals surface area contributed by atoms with E-state index in [-0.39, 0.29) is 18.1 Å². The van der Waals surface area contributed by atoms with E-state index in [1.165, 1.54) is 20.3 Å². The monoisotopic (exact) mass is 356 g/mol. The molecular weight excluding hydrogens is 349 g/mol. The zero-order valence-electron chi connectivity index (χ0n) is 10.9. The molecule has 9 heteroatoms. The van der Waals surface area contributed by atoms with E-state index in [1.807, 2.05) is 0 Å². The van der Waals surface area contributed by atoms with Gasteiger partial charge >= 0.3 is 5.88 Å². The number of nitrogens with zero attached hydrogens (tertiary/aromatic N) is 3. The normalized spacial score (nSPS) is 11.0. The number of halogens is 2. The van der Waals surface area contributed by atoms with Crippen molar-refractivity contribution < 1.29 is 19.1 Å². The summed E-state index contributed by atoms with van der Waals surface area (Å²) in [5.41, 5.74) is 0.363. The van der Waals surface area contributed by atoms with Gasteiger partial charge in [0.2, 0.25) is 0 Å². The Morgan fingerprint density at radius 2 is 2.18 bits per heavy atom. The van der Waals surface area contributed by atoms with Gasteiger partial charge in [0.05, 0.1) is 11.1 Å². The lowest BCUT2D eigenvalue weighted by molar-refractivity contribution is -0.521. The lowest BCUT2D eigenvalue weighted by Gasteiger charge is -1.98. The molecule has 3 aromatic rings. The molecule has 0 radical (unpaired) electrons. The van der Waals surface area contributed by atoms with E-state index < -0.39 is 11.0 Å². The molecule has 0 aliphatic carbocycles. The maximum Gasteiger partial charge on any atom is 0.339 e. The Bertz CT molecular complexity index is 903. The van der Waals surface area contributed by atoms with E-state index in [2.05, 4.69) is 4.98 Å². The number of pyridine rings is 1. The number of hydrogen-bond donors (Lipinski definition) is 1. The van der Waals surface area contributed by atoms with Crippen LogP contribution in [-0.4, -0.2) is 25.7 Å². The molecule has 1 N–H and O–H groups in total. The number of carbonyl (C=O) groups excluding carboxylic acids is 2. The Morgan fingerprint density at radius 3 is 2.82 bits per heavy atom. The molecule has 3 rings (SSSR count). The Balaban J connectivity index is 2.23. The third kappa shape index (κ3) is 2.47. The molecule has 0 amide bonds. The van der Waals surface area contributed by atoms with Crippen LogP contribution in [0.25, 0.3) is 5.65 Å². The van der Waals surface area contributed by atoms with Crippen LogP contribution in [0.1, 0.15) is 15.4 Å². The summed E-state index contributed by atoms with van der Waals surface area (Å²) in [7, 11) is 0. The number of imidazole rings is 1. The third-order valence-corrected chi connectivity index (χ3v) is 4.33. The van der Waals surface area contributed by atoms with Gasteiger partial charge in [-0.15, -0.1) is 11.3 Å². The van der Waals surface area contributed by atoms with Gasteiger partial charge in [-0.3, -0.25) is 9.59 Å². The summed E-state index contributed by atoms with van der Waals surface area (Å²) in [5.74, 6) is -1.32. The average molecular weight is 357 g/mol. The molecule has 0 saturated heterocycles. The molecular formula is C13H8Cl2N3O3S+. The highest BCUT2D eigenvalue weighted by atomic mass is 35.5. The van der Waals surface area contributed by atoms with Crippen LogP contribution in [0.3, 0.4) is 0 Å². The van der Waals surface area contributed by atoms with Crippen molar-refractivity contribution in [2.45, 2.75) is 6.54 Å². The summed E-state index contributed by atoms with van der Waals surface area (Å²) in [6, 6.07) is 5.15. The van der Waals surface area contributed by atoms with Gasteiger partial charge in [-0.2, -0.15) is 4.40 Å². The van der Waals surface area contributed by atoms with Gasteiger partial charge in [0.15, 0.2) is 4.47 Å². The summed E-state index contributed by atoms with van der Waals surface area (Å²) in [6.45, 7) is 0.226. The van der Waals surface area contributed by atoms with Gasteiger partial charge in [-0.05, 0) is 17.7 Å². The molecule has 0 unspecified atom stereocenters. The number of carbonyl (C=O) groups is 2. The molecule has 0 atom stereocenters. The minimum absolute atomic E-state index is 0.171. The standard InChI is InChI=1S/C13H7Cl2N3O3S/c14-11(20)10(19)9-12(21)17-4-2-1-3-8(17)18(9)6-7-5-16-13(15)22-7/h1-5H,6H2/p+1. The van der Waals surface area contributed by atoms with Crippen LogP contribution in [0, 0.1) is 0 Å². The van der Waals surface area contributed by atoms with Crippen LogP contribution in [0.2, 0.25) is 4.47 Å². The van der Waals surface area contributed by atoms with Crippen LogP contribution in [0.15, 0.2) is 30.6 Å². The summed E-state index contributed by atoms with van der Waals surface area (Å²) in [5, 5.41) is 9.08. The van der Waals surface area contributed by atoms with Crippen LogP contribution in [0.5, 0.6) is 5.88 Å². The minimum atomic E-state index is -1.16. The third-order valence-electron chi connectivity index (χ3n) is 3.06. The molecule has 3 heterocycles. The molecule has 0 fully saturated rings. The first-order valence-corrected chi connectivity index (χ1v) is 7.62. The number of rotatable bonds is 4. The Hall–Kier alpha value is -1.96. The number of aromatic hydroxyl groups is 1. The van der Waals surface area contributed by atoms with E-state index in [9.17, 15) is 14.7 Å². The molecule has 0 aliphatic heterocycles. The fraction of sp³-hybridized carbons (Fsp3) is 0.0769. The summed E-state index contributed by atoms with van der Waals surface area (Å²) < 4.78 is 3.27. The van der Waals surface area contributed by atoms with Gasteiger partial charge in [0, 0.05) is 12.3 Å². The second-order valence-corrected chi connectivity index (χ2v) is 6.41. The summed E-state index contributed by atoms with van der Waals surface area (Å²) in [4.78, 5) is 28.0. The Labute approximate surface area is 138 Å². The lowest BCUT2D eigenvalue weighted by atomic mass is 10.3. The van der Waals surface area contributed by atoms with E-state index in [0.717, 1.165) is 4.88 Å². The van der Waals surface area contributed by atoms with Crippen LogP contribution in [-0.2, 0) is 11.3 Å². The summed E-state index contributed by atoms with van der Waals surface area (Å²) >= 11 is 12.3. The van der Waals surface area contributed by atoms with E-state index >= 15 is 0 Å². The van der Waals surface area contributed by atoms with Gasteiger partial charge in [0.25, 0.3) is 22.4 Å². The summed E-state index contributed by atoms with van der Waals surface area (Å²) in [6.07, 6.45) is 3.15. The van der Waals surface area contributed by atoms with Crippen molar-refractivity contribution in [2.24, 2.45) is 0 Å². The zero-order chi connectivity index (χ0) is 15.9. The highest BCUT2D eigenvalue weighted by Gasteiger charge is 2.34. The molecule has 22 heavy (non-hydrogen) atoms. The number of hydrogen-bond acceptors (Lipinski definition) is 5. The van der Waals surface area contributed by atoms with Crippen LogP contribution >= 0.6 is 34.5 Å². The van der Waals surface area contributed by atoms with E-state index in [1.54, 1.807) is 30.6 Å². The Kier molecular flexibility index (Phi) is 3.86. The predicted molar refractivity (Wildman–Crippen MR) is 80.7 cm³/mol. The fourth-order valence-electron chi connectivity index (χ4n) is 2.17. The number of ketones is 1. The smallest absolute Gasteiger partial charge is 0.339 e. The van der Waals surface area contributed by atoms with E-state index in [0.29, 0.717) is 10.1 Å². The number of fused-ring (bicyclic) bond motifs is 1. The quantitative estimate of drug-likeness (QED) is 0.336. The van der Waals surface area contributed by atoms with Gasteiger partial charge in [-0.1, -0.05) is 17.7 Å². The Morgan fingerprint density at radius 1 is 1.41 bits per heavy atom. The second-order valence-electron chi connectivity index (χ2n) is 4.37. The molecule has 6 nitrogen and oxygen atoms in total. The van der Waals surface area contributed by atoms with Crippen molar-refractivity contribution in [3.8, 4) is 5.88 Å². The first kappa shape index (κ1) is 15.0. The first-order chi connectivity index (χ1) is 10.5. The van der Waals surface area contributed by atoms with Gasteiger partial charge < -0.3 is 5.11 Å². The number of thiazole rings is 1. The molecule has 3 aromatic heterocycles. The highest BCUT2D eigenvalue weighted by molar-refractivity contribution is 7.15. The predicted octanol–water partition coefficient (Wildman–Crippen LogP) is 2.04. The molecule has 0 aliphatic rings. The van der Waals surface area contributed by atoms with Crippen molar-refractivity contribution in [3.63, 3.8) is 0 Å². The second kappa shape index (κ2) is 5.68. The molecule has 0 aromatic carbocycles. The largest absolute Gasteiger partial charge is 0.474 e. The molecule has 0 saturated carbocycles. The average Bonchev–Trinajstić information content (AvgIpc) is 3.02. The van der Waals surface area contributed by atoms with Crippen LogP contribution in [0.4, 0.5) is 0 Å². The van der Waals surface area contributed by atoms with Crippen molar-refractivity contribution in [1.82, 2.24) is 9.55 Å². The minimum Gasteiger partial charge on any atom is -0.474 e. The van der Waals surface area contributed by atoms with Gasteiger partial charge in [0.1, 0.15) is 6.54 Å². The van der Waals surface area contributed by atoms with Crippen LogP contribution < -0.4 is 4.40 Å². The van der Waals surface area contributed by atoms with Crippen molar-refractivity contribution in [2.75, 3.05) is 0 Å².